The maximum Gasteiger partial charge on any atom is 4.00 e. The molecule has 6 rings (SSSR count). The average Bonchev–Trinajstić information content (AvgIpc) is 3.31. The maximum absolute atomic E-state index is 12.4. The molecular formula is C48H50N6Ni2O18U+2. The Bertz CT molecular complexity index is 2360. The van der Waals surface area contributed by atoms with Crippen LogP contribution < -0.4 is 39.4 Å². The number of para-hydroxylation sites is 8. The fraction of sp³-hybridized carbons (Fsp3) is 0.167. The Kier molecular flexibility index (Phi) is 43.0. The second kappa shape index (κ2) is 42.1. The quantitative estimate of drug-likeness (QED) is 0.0369. The maximum atomic E-state index is 12.4. The predicted molar refractivity (Wildman–Crippen MR) is 262 cm³/mol. The van der Waals surface area contributed by atoms with E-state index in [0.29, 0.717) is 94.4 Å². The van der Waals surface area contributed by atoms with Crippen LogP contribution in [-0.2, 0) is 54.9 Å². The SMILES string of the molecule is CCOc1cccc(C=Nc2ccccc2N=Cc2cccc(OCC)c2[O-])c1[O-].CCOc1cccc(C=Nc2ccccc2N=Cc2cccc(OCC)c2[O-])c1[O-].O=[N+]([O-])[O-].O=[N+]([O-])[O-].[Ni+3].[Ni+3].[O-2].[O-2].[OH3+].[OH3+].[U+4]. The van der Waals surface area contributed by atoms with E-state index in [2.05, 4.69) is 20.0 Å². The van der Waals surface area contributed by atoms with Crippen LogP contribution in [0, 0.1) is 61.8 Å². The van der Waals surface area contributed by atoms with Crippen LogP contribution >= 0.6 is 0 Å². The Labute approximate surface area is 474 Å². The molecule has 2 radical (unpaired) electrons. The average molecular weight is 1350 g/mol. The van der Waals surface area contributed by atoms with Crippen LogP contribution in [0.5, 0.6) is 46.0 Å². The van der Waals surface area contributed by atoms with Crippen molar-refractivity contribution in [3.63, 3.8) is 0 Å². The van der Waals surface area contributed by atoms with Crippen molar-refractivity contribution in [2.75, 3.05) is 26.4 Å². The molecule has 0 unspecified atom stereocenters. The third-order valence-corrected chi connectivity index (χ3v) is 8.37. The van der Waals surface area contributed by atoms with Crippen LogP contribution in [0.15, 0.2) is 141 Å². The van der Waals surface area contributed by atoms with Crippen molar-refractivity contribution in [3.05, 3.63) is 174 Å². The Morgan fingerprint density at radius 3 is 0.720 bits per heavy atom. The standard InChI is InChI=1S/2C24H24N2O4.2NO3.2Ni.2H2O.2O.U/c2*1-3-29-21-13-7-9-17(23(21)27)15-25-19-11-5-6-12-20(19)26-16-18-10-8-14-22(24(18)28)30-4-2;2*2-1(3)4;;;;;;;/h2*5-16,27-28H,3-4H2,1-2H3;;;;;2*1H2;;;/q;;2*-1;2*+3;;;2*-2;+4/p-2. The number of ether oxygens (including phenoxy) is 4. The van der Waals surface area contributed by atoms with E-state index >= 15 is 0 Å². The first-order valence-corrected chi connectivity index (χ1v) is 20.4. The molecule has 0 bridgehead atoms. The van der Waals surface area contributed by atoms with E-state index in [-0.39, 0.29) is 109 Å². The summed E-state index contributed by atoms with van der Waals surface area (Å²) in [5, 5.41) is 79.1. The van der Waals surface area contributed by atoms with Gasteiger partial charge in [-0.05, 0) is 98.5 Å². The first kappa shape index (κ1) is 76.6. The van der Waals surface area contributed by atoms with E-state index in [4.69, 9.17) is 49.6 Å². The Morgan fingerprint density at radius 2 is 0.560 bits per heavy atom. The van der Waals surface area contributed by atoms with Gasteiger partial charge >= 0.3 is 64.1 Å². The van der Waals surface area contributed by atoms with Gasteiger partial charge in [-0.15, -0.1) is 0 Å². The zero-order valence-corrected chi connectivity index (χ0v) is 46.3. The van der Waals surface area contributed by atoms with Gasteiger partial charge in [0.15, 0.2) is 0 Å². The van der Waals surface area contributed by atoms with Gasteiger partial charge in [-0.25, -0.2) is 0 Å². The van der Waals surface area contributed by atoms with Crippen LogP contribution in [0.4, 0.5) is 22.7 Å². The van der Waals surface area contributed by atoms with Gasteiger partial charge in [0.05, 0.1) is 59.4 Å². The van der Waals surface area contributed by atoms with E-state index < -0.39 is 10.2 Å². The number of aliphatic imine (C=N–C) groups is 4. The summed E-state index contributed by atoms with van der Waals surface area (Å²) >= 11 is 0. The minimum absolute atomic E-state index is 0. The molecule has 0 aliphatic rings. The zero-order valence-electron chi connectivity index (χ0n) is 40.2. The van der Waals surface area contributed by atoms with Crippen LogP contribution in [0.25, 0.3) is 0 Å². The van der Waals surface area contributed by atoms with Crippen LogP contribution in [0.1, 0.15) is 49.9 Å². The molecule has 6 aromatic carbocycles. The molecule has 27 heteroatoms. The summed E-state index contributed by atoms with van der Waals surface area (Å²) in [4.78, 5) is 34.2. The van der Waals surface area contributed by atoms with E-state index in [1.807, 2.05) is 52.0 Å². The van der Waals surface area contributed by atoms with Crippen molar-refractivity contribution >= 4 is 47.6 Å². The number of rotatable bonds is 16. The largest absolute Gasteiger partial charge is 4.00 e. The molecule has 0 spiro atoms. The molecule has 0 fully saturated rings. The summed E-state index contributed by atoms with van der Waals surface area (Å²) in [6.45, 7) is 8.97. The topological polar surface area (TPSA) is 434 Å². The van der Waals surface area contributed by atoms with Crippen molar-refractivity contribution in [3.8, 4) is 46.0 Å². The second-order valence-electron chi connectivity index (χ2n) is 12.9. The van der Waals surface area contributed by atoms with Crippen molar-refractivity contribution in [2.45, 2.75) is 27.7 Å². The van der Waals surface area contributed by atoms with Gasteiger partial charge in [0, 0.05) is 24.9 Å². The van der Waals surface area contributed by atoms with E-state index in [1.54, 1.807) is 97.1 Å². The molecule has 0 aromatic heterocycles. The smallest absolute Gasteiger partial charge is 2.00 e. The Hall–Kier alpha value is -7.32. The zero-order chi connectivity index (χ0) is 49.8. The van der Waals surface area contributed by atoms with E-state index in [0.717, 1.165) is 0 Å². The third-order valence-electron chi connectivity index (χ3n) is 8.37. The number of hydrogen-bond acceptors (Lipinski definition) is 18. The molecule has 75 heavy (non-hydrogen) atoms. The Morgan fingerprint density at radius 1 is 0.387 bits per heavy atom. The molecule has 0 saturated heterocycles. The summed E-state index contributed by atoms with van der Waals surface area (Å²) in [6.07, 6.45) is 5.98. The van der Waals surface area contributed by atoms with Crippen molar-refractivity contribution in [1.29, 1.82) is 0 Å². The number of benzene rings is 6. The summed E-state index contributed by atoms with van der Waals surface area (Å²) in [5.74, 6) is 0.325. The third kappa shape index (κ3) is 26.5. The summed E-state index contributed by atoms with van der Waals surface area (Å²) in [7, 11) is 0. The monoisotopic (exact) mass is 1350 g/mol. The van der Waals surface area contributed by atoms with Crippen LogP contribution in [0.2, 0.25) is 0 Å². The van der Waals surface area contributed by atoms with Gasteiger partial charge in [-0.2, -0.15) is 0 Å². The molecular weight excluding hydrogens is 1300 g/mol. The first-order chi connectivity index (χ1) is 32.7. The fourth-order valence-electron chi connectivity index (χ4n) is 5.54. The summed E-state index contributed by atoms with van der Waals surface area (Å²) in [6, 6.07) is 34.7. The van der Waals surface area contributed by atoms with Gasteiger partial charge in [-0.1, -0.05) is 95.8 Å². The van der Waals surface area contributed by atoms with Gasteiger partial charge < -0.3 is 91.9 Å². The van der Waals surface area contributed by atoms with E-state index in [1.165, 1.54) is 24.9 Å². The van der Waals surface area contributed by atoms with Gasteiger partial charge in [0.1, 0.15) is 23.0 Å². The number of nitrogens with zero attached hydrogens (tertiary/aromatic N) is 6. The summed E-state index contributed by atoms with van der Waals surface area (Å²) < 4.78 is 21.4. The molecule has 24 nitrogen and oxygen atoms in total. The molecule has 402 valence electrons. The number of hydrogen-bond donors (Lipinski definition) is 0. The molecule has 0 aliphatic heterocycles. The fourth-order valence-corrected chi connectivity index (χ4v) is 5.54. The molecule has 6 aromatic rings. The minimum atomic E-state index is -1.75. The minimum Gasteiger partial charge on any atom is -2.00 e. The van der Waals surface area contributed by atoms with Crippen molar-refractivity contribution < 1.29 is 136 Å². The molecule has 6 N–H and O–H groups in total. The molecule has 0 heterocycles. The molecule has 0 atom stereocenters. The van der Waals surface area contributed by atoms with Crippen LogP contribution in [-0.4, -0.2) is 61.5 Å². The van der Waals surface area contributed by atoms with Crippen molar-refractivity contribution in [1.82, 2.24) is 0 Å². The molecule has 0 saturated carbocycles. The Balaban J connectivity index is -0.000000352. The normalized spacial score (nSPS) is 9.65. The van der Waals surface area contributed by atoms with Gasteiger partial charge in [-0.3, -0.25) is 20.0 Å². The first-order valence-electron chi connectivity index (χ1n) is 20.4. The van der Waals surface area contributed by atoms with Crippen molar-refractivity contribution in [2.24, 2.45) is 20.0 Å². The molecule has 0 amide bonds. The second-order valence-corrected chi connectivity index (χ2v) is 12.9. The van der Waals surface area contributed by atoms with Crippen LogP contribution in [0.3, 0.4) is 0 Å². The van der Waals surface area contributed by atoms with Gasteiger partial charge in [0.25, 0.3) is 0 Å². The molecule has 0 aliphatic carbocycles. The van der Waals surface area contributed by atoms with E-state index in [9.17, 15) is 20.4 Å². The predicted octanol–water partition coefficient (Wildman–Crippen LogP) is 5.70. The summed E-state index contributed by atoms with van der Waals surface area (Å²) in [5.41, 5.74) is 3.98. The van der Waals surface area contributed by atoms with Gasteiger partial charge in [0.2, 0.25) is 0 Å².